The molecule has 0 aromatic rings. The fraction of sp³-hybridized carbons (Fsp3) is 0.654. The van der Waals surface area contributed by atoms with E-state index in [4.69, 9.17) is 13.6 Å². The van der Waals surface area contributed by atoms with E-state index in [9.17, 15) is 33.6 Å². The predicted molar refractivity (Wildman–Crippen MR) is 151 cm³/mol. The summed E-state index contributed by atoms with van der Waals surface area (Å²) in [5, 5.41) is 12.9. The summed E-state index contributed by atoms with van der Waals surface area (Å²) in [7, 11) is 5.48. The molecular weight excluding hydrogens is 533 g/mol. The number of carbonyl (C=O) groups excluding carboxylic acids is 7. The van der Waals surface area contributed by atoms with Crippen molar-refractivity contribution in [3.05, 3.63) is 12.2 Å². The molecular formula is C26H42BN7O7. The van der Waals surface area contributed by atoms with Crippen LogP contribution in [-0.4, -0.2) is 92.0 Å². The maximum Gasteiger partial charge on any atom is 0.312 e. The Morgan fingerprint density at radius 2 is 1.51 bits per heavy atom. The second kappa shape index (κ2) is 18.4. The third-order valence-electron chi connectivity index (χ3n) is 6.24. The van der Waals surface area contributed by atoms with E-state index in [1.165, 1.54) is 12.2 Å². The molecule has 1 heterocycles. The van der Waals surface area contributed by atoms with Gasteiger partial charge in [0.1, 0.15) is 12.1 Å². The van der Waals surface area contributed by atoms with Crippen LogP contribution >= 0.6 is 0 Å². The van der Waals surface area contributed by atoms with Gasteiger partial charge in [-0.15, -0.1) is 0 Å². The highest BCUT2D eigenvalue weighted by molar-refractivity contribution is 6.12. The smallest absolute Gasteiger partial charge is 0.312 e. The van der Waals surface area contributed by atoms with Gasteiger partial charge >= 0.3 is 6.03 Å². The van der Waals surface area contributed by atoms with Crippen LogP contribution in [0, 0.1) is 5.92 Å². The third-order valence-corrected chi connectivity index (χ3v) is 6.24. The number of unbranched alkanes of at least 4 members (excludes halogenated alkanes) is 2. The molecule has 0 spiro atoms. The molecule has 7 N–H and O–H groups in total. The molecule has 1 rings (SSSR count). The summed E-state index contributed by atoms with van der Waals surface area (Å²) < 4.78 is 0. The monoisotopic (exact) mass is 575 g/mol. The highest BCUT2D eigenvalue weighted by Gasteiger charge is 2.29. The van der Waals surface area contributed by atoms with Crippen molar-refractivity contribution in [3.8, 4) is 0 Å². The van der Waals surface area contributed by atoms with E-state index in [0.29, 0.717) is 25.7 Å². The van der Waals surface area contributed by atoms with Crippen molar-refractivity contribution in [2.75, 3.05) is 19.6 Å². The number of nitrogens with one attached hydrogen (secondary N) is 5. The summed E-state index contributed by atoms with van der Waals surface area (Å²) in [6, 6.07) is -2.97. The minimum atomic E-state index is -1.04. The van der Waals surface area contributed by atoms with Crippen molar-refractivity contribution in [2.45, 2.75) is 83.7 Å². The molecule has 3 atom stereocenters. The third kappa shape index (κ3) is 13.8. The molecule has 226 valence electrons. The van der Waals surface area contributed by atoms with Crippen molar-refractivity contribution in [2.24, 2.45) is 11.7 Å². The summed E-state index contributed by atoms with van der Waals surface area (Å²) in [4.78, 5) is 85.8. The van der Waals surface area contributed by atoms with Gasteiger partial charge in [0.15, 0.2) is 0 Å². The highest BCUT2D eigenvalue weighted by atomic mass is 16.2. The zero-order chi connectivity index (χ0) is 30.9. The fourth-order valence-corrected chi connectivity index (χ4v) is 3.89. The first-order valence-electron chi connectivity index (χ1n) is 13.8. The Morgan fingerprint density at radius 1 is 0.854 bits per heavy atom. The lowest BCUT2D eigenvalue weighted by molar-refractivity contribution is -0.137. The summed E-state index contributed by atoms with van der Waals surface area (Å²) in [6.07, 6.45) is 4.88. The average Bonchev–Trinajstić information content (AvgIpc) is 3.23. The van der Waals surface area contributed by atoms with Gasteiger partial charge in [0.05, 0.1) is 14.4 Å². The zero-order valence-electron chi connectivity index (χ0n) is 24.0. The van der Waals surface area contributed by atoms with Gasteiger partial charge in [-0.25, -0.2) is 4.79 Å². The quantitative estimate of drug-likeness (QED) is 0.0626. The normalized spacial score (nSPS) is 14.8. The SMILES string of the molecule is [B]C[C@H](C)NC(=O)CNC(=O)[C@H](CCCNC(N)=O)NC(=O)[C@@H](NC(=O)CCCCCN1C(=O)C=CC1=O)C(C)C. The van der Waals surface area contributed by atoms with Crippen LogP contribution in [0.25, 0.3) is 0 Å². The molecule has 2 radical (unpaired) electrons. The number of nitrogens with two attached hydrogens (primary N) is 1. The number of rotatable bonds is 19. The van der Waals surface area contributed by atoms with E-state index in [1.807, 2.05) is 0 Å². The van der Waals surface area contributed by atoms with Gasteiger partial charge in [-0.1, -0.05) is 26.6 Å². The number of carbonyl (C=O) groups is 7. The Balaban J connectivity index is 2.65. The van der Waals surface area contributed by atoms with Crippen LogP contribution in [0.1, 0.15) is 59.3 Å². The lowest BCUT2D eigenvalue weighted by atomic mass is 9.99. The Labute approximate surface area is 241 Å². The molecule has 0 aliphatic carbocycles. The van der Waals surface area contributed by atoms with Crippen molar-refractivity contribution in [1.29, 1.82) is 0 Å². The van der Waals surface area contributed by atoms with E-state index >= 15 is 0 Å². The predicted octanol–water partition coefficient (Wildman–Crippen LogP) is -1.25. The molecule has 0 fully saturated rings. The molecule has 0 saturated heterocycles. The van der Waals surface area contributed by atoms with Crippen molar-refractivity contribution in [1.82, 2.24) is 31.5 Å². The lowest BCUT2D eigenvalue weighted by Gasteiger charge is -2.25. The Morgan fingerprint density at radius 3 is 2.10 bits per heavy atom. The molecule has 15 heteroatoms. The lowest BCUT2D eigenvalue weighted by Crippen LogP contribution is -2.56. The molecule has 0 saturated carbocycles. The van der Waals surface area contributed by atoms with E-state index < -0.39 is 35.8 Å². The maximum atomic E-state index is 13.1. The van der Waals surface area contributed by atoms with Crippen LogP contribution in [-0.2, 0) is 28.8 Å². The molecule has 0 aromatic heterocycles. The minimum absolute atomic E-state index is 0.134. The van der Waals surface area contributed by atoms with Crippen LogP contribution in [0.5, 0.6) is 0 Å². The Kier molecular flexibility index (Phi) is 15.8. The number of hydrogen-bond acceptors (Lipinski definition) is 7. The first-order chi connectivity index (χ1) is 19.3. The number of hydrogen-bond donors (Lipinski definition) is 6. The summed E-state index contributed by atoms with van der Waals surface area (Å²) in [6.45, 7) is 5.33. The number of primary amides is 1. The molecule has 41 heavy (non-hydrogen) atoms. The van der Waals surface area contributed by atoms with Gasteiger partial charge in [-0.3, -0.25) is 33.7 Å². The van der Waals surface area contributed by atoms with Gasteiger partial charge in [0.25, 0.3) is 11.8 Å². The Hall–Kier alpha value is -3.91. The van der Waals surface area contributed by atoms with Gasteiger partial charge in [0, 0.05) is 37.7 Å². The zero-order valence-corrected chi connectivity index (χ0v) is 24.0. The molecule has 0 aromatic carbocycles. The van der Waals surface area contributed by atoms with Gasteiger partial charge < -0.3 is 32.3 Å². The van der Waals surface area contributed by atoms with Crippen molar-refractivity contribution < 1.29 is 33.6 Å². The molecule has 1 aliphatic heterocycles. The first-order valence-corrected chi connectivity index (χ1v) is 13.8. The molecule has 0 bridgehead atoms. The Bertz CT molecular complexity index is 971. The maximum absolute atomic E-state index is 13.1. The minimum Gasteiger partial charge on any atom is -0.353 e. The molecule has 14 nitrogen and oxygen atoms in total. The average molecular weight is 575 g/mol. The molecule has 1 aliphatic rings. The van der Waals surface area contributed by atoms with Crippen LogP contribution in [0.15, 0.2) is 12.2 Å². The van der Waals surface area contributed by atoms with E-state index in [1.54, 1.807) is 20.8 Å². The molecule has 0 unspecified atom stereocenters. The summed E-state index contributed by atoms with van der Waals surface area (Å²) >= 11 is 0. The number of nitrogens with zero attached hydrogens (tertiary/aromatic N) is 1. The van der Waals surface area contributed by atoms with Crippen LogP contribution in [0.4, 0.5) is 4.79 Å². The second-order valence-corrected chi connectivity index (χ2v) is 10.2. The van der Waals surface area contributed by atoms with Crippen LogP contribution in [0.3, 0.4) is 0 Å². The number of amides is 8. The number of imide groups is 1. The first kappa shape index (κ1) is 35.1. The number of urea groups is 1. The highest BCUT2D eigenvalue weighted by Crippen LogP contribution is 2.09. The van der Waals surface area contributed by atoms with Gasteiger partial charge in [-0.05, 0) is 38.5 Å². The standard InChI is InChI=1S/C26H42BN7O7/c1-16(2)23(33-19(35)9-5-4-6-13-34-21(37)10-11-22(34)38)25(40)32-18(8-7-12-29-26(28)41)24(39)30-15-20(36)31-17(3)14-27/h10-11,16-18,23H,4-9,12-15H2,1-3H3,(H,30,39)(H,31,36)(H,32,40)(H,33,35)(H3,28,29,41)/t17-,18-,23-/m0/s1. The van der Waals surface area contributed by atoms with Gasteiger partial charge in [-0.2, -0.15) is 0 Å². The molecule has 8 amide bonds. The van der Waals surface area contributed by atoms with E-state index in [0.717, 1.165) is 4.90 Å². The van der Waals surface area contributed by atoms with Crippen molar-refractivity contribution in [3.63, 3.8) is 0 Å². The fourth-order valence-electron chi connectivity index (χ4n) is 3.89. The summed E-state index contributed by atoms with van der Waals surface area (Å²) in [5.41, 5.74) is 5.07. The second-order valence-electron chi connectivity index (χ2n) is 10.2. The summed E-state index contributed by atoms with van der Waals surface area (Å²) in [5.74, 6) is -2.98. The van der Waals surface area contributed by atoms with E-state index in [2.05, 4.69) is 26.6 Å². The topological polar surface area (TPSA) is 209 Å². The van der Waals surface area contributed by atoms with Crippen LogP contribution in [0.2, 0.25) is 6.32 Å². The van der Waals surface area contributed by atoms with Crippen LogP contribution < -0.4 is 32.3 Å². The van der Waals surface area contributed by atoms with E-state index in [-0.39, 0.29) is 68.5 Å². The van der Waals surface area contributed by atoms with Gasteiger partial charge in [0.2, 0.25) is 23.6 Å². The van der Waals surface area contributed by atoms with Crippen molar-refractivity contribution >= 4 is 49.3 Å². The largest absolute Gasteiger partial charge is 0.353 e.